The Kier molecular flexibility index (Phi) is 8.27. The van der Waals surface area contributed by atoms with Gasteiger partial charge in [0.25, 0.3) is 5.91 Å². The van der Waals surface area contributed by atoms with E-state index in [1.54, 1.807) is 4.90 Å². The molecule has 1 atom stereocenters. The molecule has 14 heteroatoms. The van der Waals surface area contributed by atoms with Crippen LogP contribution >= 0.6 is 11.3 Å². The predicted molar refractivity (Wildman–Crippen MR) is 123 cm³/mol. The average Bonchev–Trinajstić information content (AvgIpc) is 3.02. The van der Waals surface area contributed by atoms with Crippen molar-refractivity contribution in [3.63, 3.8) is 0 Å². The van der Waals surface area contributed by atoms with Crippen LogP contribution in [0.4, 0.5) is 27.0 Å². The molecule has 2 heterocycles. The Bertz CT molecular complexity index is 1110. The summed E-state index contributed by atoms with van der Waals surface area (Å²) >= 11 is 0.684. The Morgan fingerprint density at radius 3 is 2.57 bits per heavy atom. The Morgan fingerprint density at radius 2 is 1.94 bits per heavy atom. The maximum Gasteiger partial charge on any atom is 0.408 e. The molecule has 190 valence electrons. The summed E-state index contributed by atoms with van der Waals surface area (Å²) in [7, 11) is 0. The van der Waals surface area contributed by atoms with Crippen LogP contribution in [0, 0.1) is 11.6 Å². The minimum Gasteiger partial charge on any atom is -0.403 e. The number of hydrogen-bond acceptors (Lipinski definition) is 7. The number of amides is 1. The number of hydrogen-bond donors (Lipinski definition) is 4. The number of alkyl halides is 3. The quantitative estimate of drug-likeness (QED) is 0.274. The maximum absolute atomic E-state index is 14.1. The van der Waals surface area contributed by atoms with Gasteiger partial charge in [-0.3, -0.25) is 9.79 Å². The predicted octanol–water partition coefficient (Wildman–Crippen LogP) is 2.97. The SMILES string of the molecule is N/C=C(/NC(=O)c1nc(-c2c(F)cccc2F)sc1N)C(=NCC(F)(F)F)N1CCC[C@@H](N)CC1. The number of nitrogen functional groups attached to an aromatic ring is 1. The molecule has 0 saturated carbocycles. The first-order chi connectivity index (χ1) is 16.5. The highest BCUT2D eigenvalue weighted by Gasteiger charge is 2.30. The second-order valence-electron chi connectivity index (χ2n) is 7.80. The van der Waals surface area contributed by atoms with Gasteiger partial charge in [-0.2, -0.15) is 13.2 Å². The third-order valence-corrected chi connectivity index (χ3v) is 6.08. The highest BCUT2D eigenvalue weighted by atomic mass is 32.1. The number of nitrogens with two attached hydrogens (primary N) is 3. The first-order valence-electron chi connectivity index (χ1n) is 10.6. The van der Waals surface area contributed by atoms with Crippen molar-refractivity contribution < 1.29 is 26.7 Å². The van der Waals surface area contributed by atoms with Crippen molar-refractivity contribution in [2.45, 2.75) is 31.5 Å². The van der Waals surface area contributed by atoms with Crippen LogP contribution in [-0.2, 0) is 0 Å². The van der Waals surface area contributed by atoms with Gasteiger partial charge in [0.2, 0.25) is 0 Å². The van der Waals surface area contributed by atoms with Gasteiger partial charge in [-0.25, -0.2) is 13.8 Å². The Hall–Kier alpha value is -3.26. The van der Waals surface area contributed by atoms with Crippen molar-refractivity contribution in [1.82, 2.24) is 15.2 Å². The standard InChI is InChI=1S/C21H24F5N7OS/c22-12-4-1-5-13(23)15(12)20-32-16(17(29)35-20)19(34)31-14(9-27)18(30-10-21(24,25)26)33-7-2-3-11(28)6-8-33/h1,4-5,9,11H,2-3,6-8,10,27-29H2,(H,31,34)/b14-9+,30-18?/t11-/m1/s1. The second-order valence-corrected chi connectivity index (χ2v) is 8.83. The summed E-state index contributed by atoms with van der Waals surface area (Å²) in [5, 5.41) is 2.07. The third-order valence-electron chi connectivity index (χ3n) is 5.18. The first kappa shape index (κ1) is 26.3. The second kappa shape index (κ2) is 11.0. The molecule has 0 bridgehead atoms. The largest absolute Gasteiger partial charge is 0.408 e. The lowest BCUT2D eigenvalue weighted by molar-refractivity contribution is -0.118. The summed E-state index contributed by atoms with van der Waals surface area (Å²) in [5.74, 6) is -2.88. The fourth-order valence-corrected chi connectivity index (χ4v) is 4.39. The van der Waals surface area contributed by atoms with Crippen LogP contribution in [0.15, 0.2) is 35.1 Å². The fourth-order valence-electron chi connectivity index (χ4n) is 3.51. The molecule has 0 radical (unpaired) electrons. The number of nitrogens with one attached hydrogen (secondary N) is 1. The van der Waals surface area contributed by atoms with E-state index in [-0.39, 0.29) is 33.3 Å². The molecule has 1 aromatic carbocycles. The van der Waals surface area contributed by atoms with Crippen LogP contribution in [0.3, 0.4) is 0 Å². The molecule has 7 N–H and O–H groups in total. The van der Waals surface area contributed by atoms with Gasteiger partial charge < -0.3 is 27.4 Å². The average molecular weight is 518 g/mol. The van der Waals surface area contributed by atoms with Gasteiger partial charge in [0.1, 0.15) is 34.0 Å². The first-order valence-corrected chi connectivity index (χ1v) is 11.4. The number of likely N-dealkylation sites (tertiary alicyclic amines) is 1. The zero-order chi connectivity index (χ0) is 25.8. The van der Waals surface area contributed by atoms with E-state index in [1.165, 1.54) is 6.07 Å². The molecule has 35 heavy (non-hydrogen) atoms. The number of rotatable bonds is 5. The molecule has 2 aromatic rings. The highest BCUT2D eigenvalue weighted by molar-refractivity contribution is 7.19. The van der Waals surface area contributed by atoms with Crippen LogP contribution in [-0.4, -0.2) is 53.5 Å². The number of anilines is 1. The summed E-state index contributed by atoms with van der Waals surface area (Å²) in [6.07, 6.45) is -1.88. The summed E-state index contributed by atoms with van der Waals surface area (Å²) in [6, 6.07) is 3.12. The van der Waals surface area contributed by atoms with Gasteiger partial charge in [-0.05, 0) is 31.4 Å². The van der Waals surface area contributed by atoms with E-state index in [1.807, 2.05) is 0 Å². The number of aliphatic imine (C=N–C) groups is 1. The molecule has 0 aliphatic carbocycles. The lowest BCUT2D eigenvalue weighted by Crippen LogP contribution is -2.41. The monoisotopic (exact) mass is 517 g/mol. The van der Waals surface area contributed by atoms with E-state index in [0.717, 1.165) is 18.3 Å². The summed E-state index contributed by atoms with van der Waals surface area (Å²) in [6.45, 7) is -0.832. The van der Waals surface area contributed by atoms with Gasteiger partial charge in [-0.1, -0.05) is 17.4 Å². The van der Waals surface area contributed by atoms with Crippen molar-refractivity contribution in [2.24, 2.45) is 16.5 Å². The van der Waals surface area contributed by atoms with Crippen molar-refractivity contribution in [3.8, 4) is 10.6 Å². The molecule has 0 spiro atoms. The van der Waals surface area contributed by atoms with Crippen molar-refractivity contribution in [3.05, 3.63) is 47.4 Å². The Labute approximate surface area is 201 Å². The van der Waals surface area contributed by atoms with Gasteiger partial charge >= 0.3 is 6.18 Å². The van der Waals surface area contributed by atoms with Crippen molar-refractivity contribution in [1.29, 1.82) is 0 Å². The molecule has 1 amide bonds. The van der Waals surface area contributed by atoms with E-state index in [2.05, 4.69) is 15.3 Å². The molecule has 1 fully saturated rings. The summed E-state index contributed by atoms with van der Waals surface area (Å²) in [5.41, 5.74) is 16.5. The van der Waals surface area contributed by atoms with Gasteiger partial charge in [0.15, 0.2) is 5.69 Å². The Morgan fingerprint density at radius 1 is 1.26 bits per heavy atom. The zero-order valence-corrected chi connectivity index (χ0v) is 19.2. The molecule has 1 aliphatic rings. The van der Waals surface area contributed by atoms with E-state index >= 15 is 0 Å². The molecule has 0 unspecified atom stereocenters. The van der Waals surface area contributed by atoms with Gasteiger partial charge in [0, 0.05) is 25.3 Å². The van der Waals surface area contributed by atoms with Crippen molar-refractivity contribution >= 4 is 28.1 Å². The number of nitrogens with zero attached hydrogens (tertiary/aromatic N) is 3. The summed E-state index contributed by atoms with van der Waals surface area (Å²) in [4.78, 5) is 22.1. The number of amidine groups is 1. The normalized spacial score (nSPS) is 17.9. The van der Waals surface area contributed by atoms with Crippen LogP contribution in [0.2, 0.25) is 0 Å². The van der Waals surface area contributed by atoms with Crippen LogP contribution < -0.4 is 22.5 Å². The molecular weight excluding hydrogens is 493 g/mol. The number of thiazole rings is 1. The maximum atomic E-state index is 14.1. The number of carbonyl (C=O) groups is 1. The molecule has 1 aliphatic heterocycles. The minimum atomic E-state index is -4.59. The Balaban J connectivity index is 1.89. The van der Waals surface area contributed by atoms with E-state index < -0.39 is 35.8 Å². The fraction of sp³-hybridized carbons (Fsp3) is 0.381. The molecule has 1 saturated heterocycles. The highest BCUT2D eigenvalue weighted by Crippen LogP contribution is 2.33. The lowest BCUT2D eigenvalue weighted by atomic mass is 10.1. The number of benzene rings is 1. The van der Waals surface area contributed by atoms with E-state index in [9.17, 15) is 26.7 Å². The number of carbonyl (C=O) groups excluding carboxylic acids is 1. The molecular formula is C21H24F5N7OS. The number of aromatic nitrogens is 1. The van der Waals surface area contributed by atoms with Crippen molar-refractivity contribution in [2.75, 3.05) is 25.4 Å². The summed E-state index contributed by atoms with van der Waals surface area (Å²) < 4.78 is 67.1. The van der Waals surface area contributed by atoms with E-state index in [4.69, 9.17) is 17.2 Å². The molecule has 1 aromatic heterocycles. The van der Waals surface area contributed by atoms with Crippen LogP contribution in [0.5, 0.6) is 0 Å². The molecule has 3 rings (SSSR count). The van der Waals surface area contributed by atoms with Crippen LogP contribution in [0.1, 0.15) is 29.8 Å². The smallest absolute Gasteiger partial charge is 0.403 e. The molecule has 8 nitrogen and oxygen atoms in total. The lowest BCUT2D eigenvalue weighted by Gasteiger charge is -2.26. The van der Waals surface area contributed by atoms with E-state index in [0.29, 0.717) is 43.7 Å². The number of halogens is 5. The van der Waals surface area contributed by atoms with Gasteiger partial charge in [-0.15, -0.1) is 0 Å². The third kappa shape index (κ3) is 6.66. The van der Waals surface area contributed by atoms with Crippen LogP contribution in [0.25, 0.3) is 10.6 Å². The zero-order valence-electron chi connectivity index (χ0n) is 18.4. The topological polar surface area (TPSA) is 136 Å². The van der Waals surface area contributed by atoms with Gasteiger partial charge in [0.05, 0.1) is 11.3 Å². The minimum absolute atomic E-state index is 0.115.